The number of carbonyl (C=O) groups is 1. The molecule has 2 aromatic rings. The lowest BCUT2D eigenvalue weighted by molar-refractivity contribution is 0.100. The van der Waals surface area contributed by atoms with Gasteiger partial charge in [-0.1, -0.05) is 12.8 Å². The van der Waals surface area contributed by atoms with Crippen molar-refractivity contribution in [2.24, 2.45) is 26.7 Å². The van der Waals surface area contributed by atoms with Gasteiger partial charge < -0.3 is 22.1 Å². The standard InChI is InChI=1S/C19H23N9O/c20-14-3-1-2-4-15(14)26-19-22-9-13(16(21)29)18(27-19)25-12-7-5-11(6-8-12)17-23-10-24-28-17/h5-9,14-15H,1-4,10,20H2,(H2,21,29)(H2,22,25,26,27)/t14-,15+/m0/s1. The Labute approximate surface area is 167 Å². The zero-order valence-electron chi connectivity index (χ0n) is 15.9. The number of aromatic nitrogens is 2. The van der Waals surface area contributed by atoms with Crippen LogP contribution in [0.1, 0.15) is 41.6 Å². The number of primary amides is 1. The fourth-order valence-corrected chi connectivity index (χ4v) is 3.45. The van der Waals surface area contributed by atoms with Gasteiger partial charge in [0.05, 0.1) is 0 Å². The smallest absolute Gasteiger partial charge is 0.254 e. The highest BCUT2D eigenvalue weighted by Crippen LogP contribution is 2.23. The second-order valence-corrected chi connectivity index (χ2v) is 7.09. The van der Waals surface area contributed by atoms with Gasteiger partial charge in [-0.15, -0.1) is 5.11 Å². The van der Waals surface area contributed by atoms with Crippen LogP contribution in [0, 0.1) is 0 Å². The van der Waals surface area contributed by atoms with Crippen LogP contribution in [-0.4, -0.2) is 40.5 Å². The Kier molecular flexibility index (Phi) is 5.43. The molecule has 0 spiro atoms. The monoisotopic (exact) mass is 393 g/mol. The summed E-state index contributed by atoms with van der Waals surface area (Å²) in [5.74, 6) is 0.750. The summed E-state index contributed by atoms with van der Waals surface area (Å²) in [5.41, 5.74) is 13.5. The van der Waals surface area contributed by atoms with Crippen molar-refractivity contribution in [3.8, 4) is 0 Å². The zero-order valence-corrected chi connectivity index (χ0v) is 15.9. The molecular weight excluding hydrogens is 370 g/mol. The van der Waals surface area contributed by atoms with E-state index >= 15 is 0 Å². The molecule has 10 heteroatoms. The van der Waals surface area contributed by atoms with Crippen LogP contribution in [0.3, 0.4) is 0 Å². The molecule has 1 aliphatic heterocycles. The van der Waals surface area contributed by atoms with Crippen LogP contribution in [0.5, 0.6) is 0 Å². The average molecular weight is 393 g/mol. The van der Waals surface area contributed by atoms with Crippen molar-refractivity contribution in [3.63, 3.8) is 0 Å². The molecule has 0 bridgehead atoms. The molecule has 0 radical (unpaired) electrons. The molecule has 0 unspecified atom stereocenters. The molecule has 2 aliphatic rings. The van der Waals surface area contributed by atoms with Crippen molar-refractivity contribution in [1.82, 2.24) is 9.97 Å². The Balaban J connectivity index is 1.54. The predicted octanol–water partition coefficient (Wildman–Crippen LogP) is 2.17. The Morgan fingerprint density at radius 3 is 2.62 bits per heavy atom. The van der Waals surface area contributed by atoms with Crippen LogP contribution in [0.15, 0.2) is 45.7 Å². The molecule has 1 aromatic heterocycles. The summed E-state index contributed by atoms with van der Waals surface area (Å²) in [4.78, 5) is 24.7. The van der Waals surface area contributed by atoms with Gasteiger partial charge in [-0.2, -0.15) is 10.1 Å². The highest BCUT2D eigenvalue weighted by molar-refractivity contribution is 6.00. The van der Waals surface area contributed by atoms with Gasteiger partial charge in [-0.05, 0) is 37.1 Å². The number of nitrogens with one attached hydrogen (secondary N) is 2. The molecule has 2 heterocycles. The van der Waals surface area contributed by atoms with Crippen LogP contribution in [0.4, 0.5) is 17.5 Å². The largest absolute Gasteiger partial charge is 0.365 e. The van der Waals surface area contributed by atoms with E-state index in [1.165, 1.54) is 6.20 Å². The second kappa shape index (κ2) is 8.31. The van der Waals surface area contributed by atoms with Crippen LogP contribution in [0.2, 0.25) is 0 Å². The Morgan fingerprint density at radius 2 is 1.93 bits per heavy atom. The van der Waals surface area contributed by atoms with Gasteiger partial charge in [-0.3, -0.25) is 4.79 Å². The molecular formula is C19H23N9O. The number of hydrogen-bond acceptors (Lipinski definition) is 9. The molecule has 1 aliphatic carbocycles. The minimum atomic E-state index is -0.606. The zero-order chi connectivity index (χ0) is 20.2. The van der Waals surface area contributed by atoms with E-state index in [2.05, 4.69) is 35.8 Å². The van der Waals surface area contributed by atoms with E-state index < -0.39 is 5.91 Å². The van der Waals surface area contributed by atoms with Gasteiger partial charge in [0.2, 0.25) is 5.95 Å². The minimum absolute atomic E-state index is 0.0581. The molecule has 29 heavy (non-hydrogen) atoms. The van der Waals surface area contributed by atoms with Crippen molar-refractivity contribution in [2.45, 2.75) is 37.8 Å². The van der Waals surface area contributed by atoms with Crippen LogP contribution in [0.25, 0.3) is 0 Å². The minimum Gasteiger partial charge on any atom is -0.365 e. The van der Waals surface area contributed by atoms with E-state index in [4.69, 9.17) is 11.5 Å². The van der Waals surface area contributed by atoms with E-state index in [1.54, 1.807) is 0 Å². The maximum absolute atomic E-state index is 11.8. The average Bonchev–Trinajstić information content (AvgIpc) is 3.25. The molecule has 10 nitrogen and oxygen atoms in total. The molecule has 1 aromatic carbocycles. The van der Waals surface area contributed by atoms with E-state index in [0.717, 1.165) is 36.9 Å². The molecule has 0 saturated heterocycles. The highest BCUT2D eigenvalue weighted by Gasteiger charge is 2.23. The fourth-order valence-electron chi connectivity index (χ4n) is 3.45. The summed E-state index contributed by atoms with van der Waals surface area (Å²) in [6.45, 7) is 0.360. The SMILES string of the molecule is NC(=O)c1cnc(N[C@@H]2CCCC[C@@H]2N)nc1Nc1ccc(C2=NCN=N2)cc1. The van der Waals surface area contributed by atoms with Crippen LogP contribution >= 0.6 is 0 Å². The second-order valence-electron chi connectivity index (χ2n) is 7.09. The summed E-state index contributed by atoms with van der Waals surface area (Å²) in [6, 6.07) is 7.61. The van der Waals surface area contributed by atoms with E-state index in [9.17, 15) is 4.79 Å². The third kappa shape index (κ3) is 4.37. The Morgan fingerprint density at radius 1 is 1.14 bits per heavy atom. The molecule has 1 saturated carbocycles. The number of amides is 1. The summed E-state index contributed by atoms with van der Waals surface area (Å²) in [7, 11) is 0. The highest BCUT2D eigenvalue weighted by atomic mass is 16.1. The number of hydrogen-bond donors (Lipinski definition) is 4. The first-order valence-corrected chi connectivity index (χ1v) is 9.58. The van der Waals surface area contributed by atoms with Gasteiger partial charge in [0.1, 0.15) is 11.4 Å². The van der Waals surface area contributed by atoms with Gasteiger partial charge in [0.25, 0.3) is 5.91 Å². The fraction of sp³-hybridized carbons (Fsp3) is 0.368. The molecule has 2 atom stereocenters. The lowest BCUT2D eigenvalue weighted by Gasteiger charge is -2.29. The number of amidine groups is 1. The maximum Gasteiger partial charge on any atom is 0.254 e. The van der Waals surface area contributed by atoms with Gasteiger partial charge in [0, 0.05) is 29.5 Å². The lowest BCUT2D eigenvalue weighted by Crippen LogP contribution is -2.43. The molecule has 1 amide bonds. The first kappa shape index (κ1) is 18.9. The first-order chi connectivity index (χ1) is 14.1. The number of aliphatic imine (C=N–C) groups is 1. The van der Waals surface area contributed by atoms with Crippen molar-refractivity contribution < 1.29 is 4.79 Å². The maximum atomic E-state index is 11.8. The topological polar surface area (TPSA) is 156 Å². The van der Waals surface area contributed by atoms with Crippen LogP contribution < -0.4 is 22.1 Å². The third-order valence-corrected chi connectivity index (χ3v) is 5.04. The number of benzene rings is 1. The summed E-state index contributed by atoms with van der Waals surface area (Å²) in [5, 5.41) is 14.3. The summed E-state index contributed by atoms with van der Waals surface area (Å²) < 4.78 is 0. The lowest BCUT2D eigenvalue weighted by atomic mass is 9.91. The third-order valence-electron chi connectivity index (χ3n) is 5.04. The van der Waals surface area contributed by atoms with Gasteiger partial charge in [0.15, 0.2) is 12.5 Å². The summed E-state index contributed by atoms with van der Waals surface area (Å²) in [6.07, 6.45) is 5.62. The van der Waals surface area contributed by atoms with E-state index in [-0.39, 0.29) is 17.6 Å². The predicted molar refractivity (Wildman–Crippen MR) is 110 cm³/mol. The van der Waals surface area contributed by atoms with Gasteiger partial charge in [-0.25, -0.2) is 9.98 Å². The summed E-state index contributed by atoms with van der Waals surface area (Å²) >= 11 is 0. The number of nitrogens with zero attached hydrogens (tertiary/aromatic N) is 5. The Hall–Kier alpha value is -3.40. The van der Waals surface area contributed by atoms with Crippen molar-refractivity contribution in [3.05, 3.63) is 41.6 Å². The van der Waals surface area contributed by atoms with E-state index in [0.29, 0.717) is 24.3 Å². The van der Waals surface area contributed by atoms with E-state index in [1.807, 2.05) is 24.3 Å². The molecule has 4 rings (SSSR count). The number of carbonyl (C=O) groups excluding carboxylic acids is 1. The number of nitrogens with two attached hydrogens (primary N) is 2. The number of anilines is 3. The van der Waals surface area contributed by atoms with Crippen LogP contribution in [-0.2, 0) is 0 Å². The van der Waals surface area contributed by atoms with Crippen molar-refractivity contribution in [2.75, 3.05) is 17.3 Å². The normalized spacial score (nSPS) is 20.9. The van der Waals surface area contributed by atoms with Crippen molar-refractivity contribution >= 4 is 29.2 Å². The molecule has 150 valence electrons. The van der Waals surface area contributed by atoms with Gasteiger partial charge >= 0.3 is 0 Å². The first-order valence-electron chi connectivity index (χ1n) is 9.58. The number of rotatable bonds is 6. The number of azo groups is 1. The molecule has 6 N–H and O–H groups in total. The quantitative estimate of drug-likeness (QED) is 0.589. The Bertz CT molecular complexity index is 955. The molecule has 1 fully saturated rings. The van der Waals surface area contributed by atoms with Crippen molar-refractivity contribution in [1.29, 1.82) is 0 Å².